The summed E-state index contributed by atoms with van der Waals surface area (Å²) < 4.78 is 16.6. The second-order valence-corrected chi connectivity index (χ2v) is 8.21. The Hall–Kier alpha value is -3.49. The molecule has 0 saturated heterocycles. The maximum Gasteiger partial charge on any atom is 0.290 e. The number of nitrogens with zero attached hydrogens (tertiary/aromatic N) is 1. The van der Waals surface area contributed by atoms with Crippen LogP contribution in [0.1, 0.15) is 35.5 Å². The van der Waals surface area contributed by atoms with Gasteiger partial charge in [-0.2, -0.15) is 0 Å². The summed E-state index contributed by atoms with van der Waals surface area (Å²) in [5, 5.41) is 20.8. The largest absolute Gasteiger partial charge is 0.503 e. The summed E-state index contributed by atoms with van der Waals surface area (Å²) in [7, 11) is 1.46. The molecule has 1 aliphatic rings. The van der Waals surface area contributed by atoms with Gasteiger partial charge in [0.05, 0.1) is 25.3 Å². The Morgan fingerprint density at radius 3 is 2.74 bits per heavy atom. The Balaban J connectivity index is 1.80. The average molecular weight is 486 g/mol. The van der Waals surface area contributed by atoms with Gasteiger partial charge in [-0.15, -0.1) is 0 Å². The molecule has 2 aromatic carbocycles. The van der Waals surface area contributed by atoms with Gasteiger partial charge in [0.15, 0.2) is 22.9 Å². The van der Waals surface area contributed by atoms with Gasteiger partial charge in [-0.25, -0.2) is 0 Å². The number of ether oxygens (including phenoxy) is 2. The minimum atomic E-state index is -0.837. The third-order valence-corrected chi connectivity index (χ3v) is 5.76. The van der Waals surface area contributed by atoms with E-state index in [1.807, 2.05) is 6.92 Å². The van der Waals surface area contributed by atoms with Crippen LogP contribution < -0.4 is 9.47 Å². The van der Waals surface area contributed by atoms with Crippen LogP contribution in [0.4, 0.5) is 0 Å². The highest BCUT2D eigenvalue weighted by molar-refractivity contribution is 6.31. The van der Waals surface area contributed by atoms with Crippen molar-refractivity contribution in [2.75, 3.05) is 26.9 Å². The van der Waals surface area contributed by atoms with Gasteiger partial charge >= 0.3 is 0 Å². The van der Waals surface area contributed by atoms with Crippen LogP contribution in [0, 0.1) is 0 Å². The highest BCUT2D eigenvalue weighted by Crippen LogP contribution is 2.41. The number of carbonyl (C=O) groups is 2. The molecule has 1 unspecified atom stereocenters. The first-order valence-corrected chi connectivity index (χ1v) is 11.2. The standard InChI is InChI=1S/C25H24ClNO7/c1-3-7-27-21(14-5-4-6-17(11-14)33-9-8-28)20(23(30)25(27)31)22(29)18-12-15-10-16(26)13-19(32-2)24(15)34-18/h4-6,10-13,21,28,30H,3,7-9H2,1-2H3. The topological polar surface area (TPSA) is 109 Å². The number of hydrogen-bond acceptors (Lipinski definition) is 7. The van der Waals surface area contributed by atoms with Crippen LogP contribution in [0.3, 0.4) is 0 Å². The average Bonchev–Trinajstić information content (AvgIpc) is 3.37. The van der Waals surface area contributed by atoms with E-state index in [-0.39, 0.29) is 24.5 Å². The molecule has 0 bridgehead atoms. The van der Waals surface area contributed by atoms with Gasteiger partial charge in [-0.1, -0.05) is 30.7 Å². The summed E-state index contributed by atoms with van der Waals surface area (Å²) in [5.41, 5.74) is 0.837. The lowest BCUT2D eigenvalue weighted by Gasteiger charge is -2.26. The Bertz CT molecular complexity index is 1280. The zero-order chi connectivity index (χ0) is 24.4. The molecule has 1 aliphatic heterocycles. The van der Waals surface area contributed by atoms with Crippen molar-refractivity contribution in [2.24, 2.45) is 0 Å². The lowest BCUT2D eigenvalue weighted by Crippen LogP contribution is -2.31. The zero-order valence-corrected chi connectivity index (χ0v) is 19.5. The van der Waals surface area contributed by atoms with E-state index in [1.54, 1.807) is 36.4 Å². The fraction of sp³-hybridized carbons (Fsp3) is 0.280. The number of halogens is 1. The van der Waals surface area contributed by atoms with Crippen LogP contribution >= 0.6 is 11.6 Å². The number of Topliss-reactive ketones (excluding diaryl/α,β-unsaturated/α-hetero) is 1. The molecular formula is C25H24ClNO7. The zero-order valence-electron chi connectivity index (χ0n) is 18.7. The normalized spacial score (nSPS) is 15.9. The van der Waals surface area contributed by atoms with Crippen LogP contribution in [0.5, 0.6) is 11.5 Å². The van der Waals surface area contributed by atoms with Crippen LogP contribution in [0.2, 0.25) is 5.02 Å². The number of hydrogen-bond donors (Lipinski definition) is 2. The van der Waals surface area contributed by atoms with Gasteiger partial charge in [0.2, 0.25) is 5.78 Å². The third kappa shape index (κ3) is 4.22. The van der Waals surface area contributed by atoms with Crippen molar-refractivity contribution in [2.45, 2.75) is 19.4 Å². The predicted octanol–water partition coefficient (Wildman–Crippen LogP) is 4.45. The number of furan rings is 1. The van der Waals surface area contributed by atoms with Crippen molar-refractivity contribution < 1.29 is 33.7 Å². The summed E-state index contributed by atoms with van der Waals surface area (Å²) in [6.07, 6.45) is 0.623. The maximum atomic E-state index is 13.6. The van der Waals surface area contributed by atoms with E-state index in [0.717, 1.165) is 0 Å². The van der Waals surface area contributed by atoms with Gasteiger partial charge < -0.3 is 29.0 Å². The van der Waals surface area contributed by atoms with E-state index < -0.39 is 23.5 Å². The fourth-order valence-corrected chi connectivity index (χ4v) is 4.34. The number of carbonyl (C=O) groups excluding carboxylic acids is 2. The molecule has 1 aromatic heterocycles. The molecule has 1 amide bonds. The molecular weight excluding hydrogens is 462 g/mol. The molecule has 0 radical (unpaired) electrons. The second kappa shape index (κ2) is 9.79. The van der Waals surface area contributed by atoms with Crippen LogP contribution in [-0.2, 0) is 4.79 Å². The number of aliphatic hydroxyl groups is 2. The number of amides is 1. The van der Waals surface area contributed by atoms with Gasteiger partial charge in [-0.05, 0) is 36.2 Å². The number of benzene rings is 2. The molecule has 9 heteroatoms. The number of ketones is 1. The maximum absolute atomic E-state index is 13.6. The first-order valence-electron chi connectivity index (χ1n) is 10.8. The van der Waals surface area contributed by atoms with E-state index in [0.29, 0.717) is 46.0 Å². The highest BCUT2D eigenvalue weighted by atomic mass is 35.5. The molecule has 4 rings (SSSR count). The van der Waals surface area contributed by atoms with Crippen molar-refractivity contribution in [3.63, 3.8) is 0 Å². The smallest absolute Gasteiger partial charge is 0.290 e. The lowest BCUT2D eigenvalue weighted by atomic mass is 9.94. The second-order valence-electron chi connectivity index (χ2n) is 7.77. The molecule has 3 aromatic rings. The van der Waals surface area contributed by atoms with Crippen molar-refractivity contribution in [3.8, 4) is 11.5 Å². The monoisotopic (exact) mass is 485 g/mol. The van der Waals surface area contributed by atoms with Crippen LogP contribution in [0.25, 0.3) is 11.0 Å². The summed E-state index contributed by atoms with van der Waals surface area (Å²) in [6.45, 7) is 2.17. The number of aliphatic hydroxyl groups excluding tert-OH is 2. The molecule has 1 atom stereocenters. The SMILES string of the molecule is CCCN1C(=O)C(O)=C(C(=O)c2cc3cc(Cl)cc(OC)c3o2)C1c1cccc(OCCO)c1. The van der Waals surface area contributed by atoms with Crippen molar-refractivity contribution in [1.82, 2.24) is 4.90 Å². The molecule has 0 fully saturated rings. The van der Waals surface area contributed by atoms with Gasteiger partial charge in [0.1, 0.15) is 12.4 Å². The van der Waals surface area contributed by atoms with Crippen molar-refractivity contribution in [3.05, 3.63) is 70.1 Å². The Labute approximate surface area is 200 Å². The van der Waals surface area contributed by atoms with E-state index >= 15 is 0 Å². The fourth-order valence-electron chi connectivity index (χ4n) is 4.12. The molecule has 34 heavy (non-hydrogen) atoms. The summed E-state index contributed by atoms with van der Waals surface area (Å²) in [5.74, 6) is -1.09. The lowest BCUT2D eigenvalue weighted by molar-refractivity contribution is -0.129. The van der Waals surface area contributed by atoms with Gasteiger partial charge in [-0.3, -0.25) is 9.59 Å². The third-order valence-electron chi connectivity index (χ3n) is 5.54. The van der Waals surface area contributed by atoms with E-state index in [1.165, 1.54) is 18.1 Å². The first kappa shape index (κ1) is 23.7. The molecule has 2 heterocycles. The number of methoxy groups -OCH3 is 1. The van der Waals surface area contributed by atoms with E-state index in [4.69, 9.17) is 30.6 Å². The molecule has 178 valence electrons. The predicted molar refractivity (Wildman–Crippen MR) is 126 cm³/mol. The van der Waals surface area contributed by atoms with Crippen molar-refractivity contribution >= 4 is 34.3 Å². The number of rotatable bonds is 9. The van der Waals surface area contributed by atoms with Gasteiger partial charge in [0, 0.05) is 23.0 Å². The summed E-state index contributed by atoms with van der Waals surface area (Å²) in [4.78, 5) is 28.0. The molecule has 0 spiro atoms. The summed E-state index contributed by atoms with van der Waals surface area (Å²) in [6, 6.07) is 10.7. The van der Waals surface area contributed by atoms with Crippen LogP contribution in [-0.4, -0.2) is 53.7 Å². The van der Waals surface area contributed by atoms with E-state index in [9.17, 15) is 14.7 Å². The Morgan fingerprint density at radius 2 is 2.03 bits per heavy atom. The minimum Gasteiger partial charge on any atom is -0.503 e. The molecule has 0 saturated carbocycles. The number of fused-ring (bicyclic) bond motifs is 1. The Morgan fingerprint density at radius 1 is 1.24 bits per heavy atom. The molecule has 0 aliphatic carbocycles. The first-order chi connectivity index (χ1) is 16.4. The molecule has 2 N–H and O–H groups in total. The van der Waals surface area contributed by atoms with Crippen LogP contribution in [0.15, 0.2) is 58.2 Å². The molecule has 8 nitrogen and oxygen atoms in total. The van der Waals surface area contributed by atoms with E-state index in [2.05, 4.69) is 0 Å². The summed E-state index contributed by atoms with van der Waals surface area (Å²) >= 11 is 6.13. The van der Waals surface area contributed by atoms with Crippen molar-refractivity contribution in [1.29, 1.82) is 0 Å². The highest BCUT2D eigenvalue weighted by Gasteiger charge is 2.44. The quantitative estimate of drug-likeness (QED) is 0.431. The van der Waals surface area contributed by atoms with Gasteiger partial charge in [0.25, 0.3) is 5.91 Å². The minimum absolute atomic E-state index is 0.0547. The Kier molecular flexibility index (Phi) is 6.81.